The third-order valence-corrected chi connectivity index (χ3v) is 9.83. The van der Waals surface area contributed by atoms with E-state index in [9.17, 15) is 18.0 Å². The molecule has 0 unspecified atom stereocenters. The van der Waals surface area contributed by atoms with Crippen LogP contribution in [0.3, 0.4) is 0 Å². The van der Waals surface area contributed by atoms with Crippen molar-refractivity contribution >= 4 is 73.9 Å². The number of halogens is 4. The maximum atomic E-state index is 14.6. The topological polar surface area (TPSA) is 86.8 Å². The first-order valence-corrected chi connectivity index (χ1v) is 17.2. The molecule has 0 aliphatic carbocycles. The Labute approximate surface area is 290 Å². The van der Waals surface area contributed by atoms with Crippen LogP contribution in [0.15, 0.2) is 102 Å². The van der Waals surface area contributed by atoms with Crippen LogP contribution in [0.1, 0.15) is 31.9 Å². The number of nitrogens with zero attached hydrogens (tertiary/aromatic N) is 2. The number of benzene rings is 4. The van der Waals surface area contributed by atoms with Crippen LogP contribution in [-0.2, 0) is 32.6 Å². The number of nitrogens with one attached hydrogen (secondary N) is 1. The van der Waals surface area contributed by atoms with Crippen molar-refractivity contribution in [3.8, 4) is 0 Å². The predicted molar refractivity (Wildman–Crippen MR) is 186 cm³/mol. The fourth-order valence-corrected chi connectivity index (χ4v) is 7.10. The van der Waals surface area contributed by atoms with Gasteiger partial charge in [-0.2, -0.15) is 0 Å². The van der Waals surface area contributed by atoms with Crippen molar-refractivity contribution in [2.75, 3.05) is 10.8 Å². The lowest BCUT2D eigenvalue weighted by molar-refractivity contribution is -0.140. The molecule has 7 nitrogen and oxygen atoms in total. The molecule has 0 fully saturated rings. The lowest BCUT2D eigenvalue weighted by Crippen LogP contribution is -2.56. The Balaban J connectivity index is 1.86. The predicted octanol–water partition coefficient (Wildman–Crippen LogP) is 8.05. The minimum Gasteiger partial charge on any atom is -0.350 e. The van der Waals surface area contributed by atoms with Gasteiger partial charge in [-0.05, 0) is 74.4 Å². The van der Waals surface area contributed by atoms with E-state index in [4.69, 9.17) is 46.4 Å². The average Bonchev–Trinajstić information content (AvgIpc) is 3.00. The molecule has 0 spiro atoms. The first-order valence-electron chi connectivity index (χ1n) is 14.3. The number of sulfonamides is 1. The molecule has 0 aliphatic rings. The Hall–Kier alpha value is -3.27. The first-order chi connectivity index (χ1) is 21.7. The summed E-state index contributed by atoms with van der Waals surface area (Å²) in [5, 5.41) is 3.95. The molecule has 0 saturated carbocycles. The van der Waals surface area contributed by atoms with E-state index in [0.29, 0.717) is 10.6 Å². The standard InChI is InChI=1S/C34H33Cl4N3O4S/c1-34(2,3)39-33(43)31(18-23-10-6-4-7-11-23)40(21-24-14-15-25(35)19-29(24)38)32(42)22-41(30-20-26(36)16-17-28(30)37)46(44,45)27-12-8-5-9-13-27/h4-17,19-20,31H,18,21-22H2,1-3H3,(H,39,43)/t31-/m1/s1. The minimum atomic E-state index is -4.34. The fourth-order valence-electron chi connectivity index (χ4n) is 4.75. The summed E-state index contributed by atoms with van der Waals surface area (Å²) in [5.41, 5.74) is 0.687. The molecule has 0 aliphatic heterocycles. The lowest BCUT2D eigenvalue weighted by atomic mass is 10.0. The summed E-state index contributed by atoms with van der Waals surface area (Å²) >= 11 is 25.5. The molecule has 4 aromatic carbocycles. The van der Waals surface area contributed by atoms with Gasteiger partial charge in [0.25, 0.3) is 10.0 Å². The summed E-state index contributed by atoms with van der Waals surface area (Å²) in [5.74, 6) is -1.10. The van der Waals surface area contributed by atoms with Gasteiger partial charge in [-0.25, -0.2) is 8.42 Å². The second-order valence-electron chi connectivity index (χ2n) is 11.6. The highest BCUT2D eigenvalue weighted by atomic mass is 35.5. The number of anilines is 1. The zero-order chi connectivity index (χ0) is 33.6. The molecule has 1 atom stereocenters. The molecule has 2 amide bonds. The van der Waals surface area contributed by atoms with Crippen LogP contribution >= 0.6 is 46.4 Å². The average molecular weight is 722 g/mol. The van der Waals surface area contributed by atoms with Crippen LogP contribution in [0, 0.1) is 0 Å². The van der Waals surface area contributed by atoms with Crippen LogP contribution in [-0.4, -0.2) is 43.3 Å². The third-order valence-electron chi connectivity index (χ3n) is 6.91. The lowest BCUT2D eigenvalue weighted by Gasteiger charge is -2.35. The molecule has 4 rings (SSSR count). The highest BCUT2D eigenvalue weighted by molar-refractivity contribution is 7.92. The maximum Gasteiger partial charge on any atom is 0.264 e. The van der Waals surface area contributed by atoms with Gasteiger partial charge in [0, 0.05) is 33.6 Å². The van der Waals surface area contributed by atoms with Gasteiger partial charge < -0.3 is 10.2 Å². The van der Waals surface area contributed by atoms with E-state index in [1.165, 1.54) is 35.2 Å². The molecule has 0 radical (unpaired) electrons. The number of hydrogen-bond acceptors (Lipinski definition) is 4. The summed E-state index contributed by atoms with van der Waals surface area (Å²) in [7, 11) is -4.34. The number of carbonyl (C=O) groups is 2. The molecule has 4 aromatic rings. The van der Waals surface area contributed by atoms with Gasteiger partial charge in [-0.1, -0.05) is 101 Å². The number of rotatable bonds is 11. The van der Waals surface area contributed by atoms with Gasteiger partial charge >= 0.3 is 0 Å². The van der Waals surface area contributed by atoms with Crippen molar-refractivity contribution in [2.24, 2.45) is 0 Å². The summed E-state index contributed by atoms with van der Waals surface area (Å²) in [6.07, 6.45) is 0.142. The van der Waals surface area contributed by atoms with Gasteiger partial charge in [-0.15, -0.1) is 0 Å². The van der Waals surface area contributed by atoms with Crippen molar-refractivity contribution in [1.82, 2.24) is 10.2 Å². The van der Waals surface area contributed by atoms with Gasteiger partial charge in [0.2, 0.25) is 11.8 Å². The summed E-state index contributed by atoms with van der Waals surface area (Å²) in [4.78, 5) is 29.8. The smallest absolute Gasteiger partial charge is 0.264 e. The van der Waals surface area contributed by atoms with Crippen LogP contribution in [0.5, 0.6) is 0 Å². The largest absolute Gasteiger partial charge is 0.350 e. The Kier molecular flexibility index (Phi) is 11.7. The van der Waals surface area contributed by atoms with Crippen LogP contribution in [0.25, 0.3) is 0 Å². The molecular formula is C34H33Cl4N3O4S. The summed E-state index contributed by atoms with van der Waals surface area (Å²) in [6, 6.07) is 25.1. The second-order valence-corrected chi connectivity index (χ2v) is 15.2. The first kappa shape index (κ1) is 35.6. The van der Waals surface area contributed by atoms with Gasteiger partial charge in [0.15, 0.2) is 0 Å². The van der Waals surface area contributed by atoms with E-state index in [2.05, 4.69) is 5.32 Å². The molecule has 242 valence electrons. The van der Waals surface area contributed by atoms with Gasteiger partial charge in [0.05, 0.1) is 15.6 Å². The van der Waals surface area contributed by atoms with Crippen molar-refractivity contribution in [3.05, 3.63) is 128 Å². The van der Waals surface area contributed by atoms with E-state index in [1.807, 2.05) is 51.1 Å². The highest BCUT2D eigenvalue weighted by Gasteiger charge is 2.36. The van der Waals surface area contributed by atoms with E-state index in [0.717, 1.165) is 9.87 Å². The zero-order valence-corrected chi connectivity index (χ0v) is 29.2. The Morgan fingerprint density at radius 1 is 0.783 bits per heavy atom. The molecule has 0 bridgehead atoms. The Morgan fingerprint density at radius 3 is 1.98 bits per heavy atom. The quantitative estimate of drug-likeness (QED) is 0.170. The van der Waals surface area contributed by atoms with Crippen molar-refractivity contribution < 1.29 is 18.0 Å². The van der Waals surface area contributed by atoms with Crippen molar-refractivity contribution in [2.45, 2.75) is 50.2 Å². The molecule has 12 heteroatoms. The number of amides is 2. The molecule has 0 saturated heterocycles. The van der Waals surface area contributed by atoms with E-state index in [1.54, 1.807) is 36.4 Å². The normalized spacial score (nSPS) is 12.3. The maximum absolute atomic E-state index is 14.6. The van der Waals surface area contributed by atoms with E-state index in [-0.39, 0.29) is 38.6 Å². The van der Waals surface area contributed by atoms with Gasteiger partial charge in [-0.3, -0.25) is 13.9 Å². The van der Waals surface area contributed by atoms with Crippen molar-refractivity contribution in [3.63, 3.8) is 0 Å². The SMILES string of the molecule is CC(C)(C)NC(=O)[C@@H](Cc1ccccc1)N(Cc1ccc(Cl)cc1Cl)C(=O)CN(c1cc(Cl)ccc1Cl)S(=O)(=O)c1ccccc1. The monoisotopic (exact) mass is 719 g/mol. The third kappa shape index (κ3) is 9.17. The molecule has 46 heavy (non-hydrogen) atoms. The zero-order valence-electron chi connectivity index (χ0n) is 25.4. The van der Waals surface area contributed by atoms with Crippen LogP contribution in [0.4, 0.5) is 5.69 Å². The molecular weight excluding hydrogens is 688 g/mol. The van der Waals surface area contributed by atoms with Crippen LogP contribution in [0.2, 0.25) is 20.1 Å². The number of carbonyl (C=O) groups excluding carboxylic acids is 2. The summed E-state index contributed by atoms with van der Waals surface area (Å²) in [6.45, 7) is 4.69. The van der Waals surface area contributed by atoms with Crippen LogP contribution < -0.4 is 9.62 Å². The molecule has 0 heterocycles. The number of hydrogen-bond donors (Lipinski definition) is 1. The second kappa shape index (κ2) is 15.1. The minimum absolute atomic E-state index is 0.00889. The fraction of sp³-hybridized carbons (Fsp3) is 0.235. The van der Waals surface area contributed by atoms with E-state index >= 15 is 0 Å². The Bertz CT molecular complexity index is 1800. The van der Waals surface area contributed by atoms with E-state index < -0.39 is 40.0 Å². The molecule has 0 aromatic heterocycles. The van der Waals surface area contributed by atoms with Gasteiger partial charge in [0.1, 0.15) is 12.6 Å². The van der Waals surface area contributed by atoms with Crippen molar-refractivity contribution in [1.29, 1.82) is 0 Å². The summed E-state index contributed by atoms with van der Waals surface area (Å²) < 4.78 is 29.2. The Morgan fingerprint density at radius 2 is 1.37 bits per heavy atom. The molecule has 1 N–H and O–H groups in total. The highest BCUT2D eigenvalue weighted by Crippen LogP contribution is 2.34.